The summed E-state index contributed by atoms with van der Waals surface area (Å²) in [6.45, 7) is 0.504. The van der Waals surface area contributed by atoms with Crippen LogP contribution in [-0.4, -0.2) is 38.3 Å². The summed E-state index contributed by atoms with van der Waals surface area (Å²) >= 11 is 0. The summed E-state index contributed by atoms with van der Waals surface area (Å²) in [6, 6.07) is 8.09. The van der Waals surface area contributed by atoms with Gasteiger partial charge in [0.25, 0.3) is 0 Å². The summed E-state index contributed by atoms with van der Waals surface area (Å²) in [5, 5.41) is 14.1. The summed E-state index contributed by atoms with van der Waals surface area (Å²) in [7, 11) is 0. The predicted molar refractivity (Wildman–Crippen MR) is 106 cm³/mol. The molecule has 7 heteroatoms. The van der Waals surface area contributed by atoms with E-state index in [1.54, 1.807) is 0 Å². The van der Waals surface area contributed by atoms with Gasteiger partial charge >= 0.3 is 0 Å². The quantitative estimate of drug-likeness (QED) is 0.653. The van der Waals surface area contributed by atoms with Gasteiger partial charge in [-0.1, -0.05) is 12.1 Å². The van der Waals surface area contributed by atoms with Gasteiger partial charge in [-0.25, -0.2) is 4.98 Å². The highest BCUT2D eigenvalue weighted by Crippen LogP contribution is 2.37. The maximum absolute atomic E-state index is 5.96. The molecule has 7 nitrogen and oxygen atoms in total. The van der Waals surface area contributed by atoms with Crippen molar-refractivity contribution in [1.29, 1.82) is 0 Å². The molecule has 3 aliphatic rings. The van der Waals surface area contributed by atoms with Crippen LogP contribution in [0.2, 0.25) is 0 Å². The summed E-state index contributed by atoms with van der Waals surface area (Å²) in [5.41, 5.74) is 5.21. The Bertz CT molecular complexity index is 1010. The first-order chi connectivity index (χ1) is 13.8. The van der Waals surface area contributed by atoms with Gasteiger partial charge < -0.3 is 15.4 Å². The lowest BCUT2D eigenvalue weighted by Crippen LogP contribution is -2.43. The molecule has 2 saturated heterocycles. The van der Waals surface area contributed by atoms with E-state index in [0.717, 1.165) is 46.6 Å². The minimum Gasteiger partial charge on any atom is -0.471 e. The Kier molecular flexibility index (Phi) is 3.62. The second-order valence-corrected chi connectivity index (χ2v) is 8.01. The fourth-order valence-corrected chi connectivity index (χ4v) is 4.79. The topological polar surface area (TPSA) is 87.8 Å². The van der Waals surface area contributed by atoms with Crippen LogP contribution in [0.1, 0.15) is 31.2 Å². The Hall–Kier alpha value is -2.93. The molecule has 3 aliphatic heterocycles. The van der Waals surface area contributed by atoms with E-state index in [1.807, 2.05) is 18.6 Å². The number of nitrogens with zero attached hydrogens (tertiary/aromatic N) is 3. The van der Waals surface area contributed by atoms with E-state index in [9.17, 15) is 0 Å². The fourth-order valence-electron chi connectivity index (χ4n) is 4.79. The van der Waals surface area contributed by atoms with Crippen LogP contribution in [0.25, 0.3) is 22.4 Å². The summed E-state index contributed by atoms with van der Waals surface area (Å²) in [4.78, 5) is 9.41. The van der Waals surface area contributed by atoms with Gasteiger partial charge in [0, 0.05) is 35.4 Å². The van der Waals surface area contributed by atoms with Crippen LogP contribution in [0.4, 0.5) is 5.82 Å². The summed E-state index contributed by atoms with van der Waals surface area (Å²) in [5.74, 6) is 1.42. The number of ether oxygens (including phenoxy) is 1. The second-order valence-electron chi connectivity index (χ2n) is 8.01. The van der Waals surface area contributed by atoms with Crippen LogP contribution >= 0.6 is 0 Å². The van der Waals surface area contributed by atoms with E-state index in [-0.39, 0.29) is 0 Å². The average Bonchev–Trinajstić information content (AvgIpc) is 3.37. The number of aromatic nitrogens is 4. The van der Waals surface area contributed by atoms with Gasteiger partial charge in [0.2, 0.25) is 5.88 Å². The molecule has 0 spiro atoms. The number of nitrogens with one attached hydrogen (secondary N) is 3. The van der Waals surface area contributed by atoms with Crippen LogP contribution in [-0.2, 0) is 6.61 Å². The van der Waals surface area contributed by atoms with E-state index in [4.69, 9.17) is 9.72 Å². The van der Waals surface area contributed by atoms with Crippen molar-refractivity contribution < 1.29 is 4.74 Å². The molecule has 6 rings (SSSR count). The number of aromatic amines is 1. The maximum Gasteiger partial charge on any atom is 0.242 e. The Morgan fingerprint density at radius 2 is 1.96 bits per heavy atom. The molecule has 28 heavy (non-hydrogen) atoms. The zero-order valence-electron chi connectivity index (χ0n) is 15.5. The molecule has 2 bridgehead atoms. The fraction of sp³-hybridized carbons (Fsp3) is 0.381. The van der Waals surface area contributed by atoms with E-state index in [0.29, 0.717) is 30.6 Å². The second kappa shape index (κ2) is 6.31. The van der Waals surface area contributed by atoms with Crippen LogP contribution in [0, 0.1) is 0 Å². The van der Waals surface area contributed by atoms with Crippen LogP contribution in [0.3, 0.4) is 0 Å². The van der Waals surface area contributed by atoms with E-state index in [1.165, 1.54) is 12.8 Å². The third kappa shape index (κ3) is 2.74. The Balaban J connectivity index is 1.26. The number of benzene rings is 1. The average molecular weight is 374 g/mol. The maximum atomic E-state index is 5.96. The summed E-state index contributed by atoms with van der Waals surface area (Å²) in [6.07, 6.45) is 10.4. The number of piperidine rings is 1. The minimum absolute atomic E-state index is 0.458. The zero-order chi connectivity index (χ0) is 18.5. The molecule has 2 fully saturated rings. The lowest BCUT2D eigenvalue weighted by molar-refractivity contribution is 0.288. The minimum atomic E-state index is 0.458. The molecule has 2 aromatic heterocycles. The molecule has 142 valence electrons. The highest BCUT2D eigenvalue weighted by molar-refractivity contribution is 5.75. The molecule has 1 unspecified atom stereocenters. The molecule has 0 saturated carbocycles. The Morgan fingerprint density at radius 1 is 1.07 bits per heavy atom. The van der Waals surface area contributed by atoms with Crippen molar-refractivity contribution >= 4 is 5.82 Å². The number of hydrogen-bond donors (Lipinski definition) is 3. The molecule has 3 N–H and O–H groups in total. The highest BCUT2D eigenvalue weighted by Gasteiger charge is 2.33. The number of anilines is 1. The van der Waals surface area contributed by atoms with Gasteiger partial charge in [0.1, 0.15) is 18.1 Å². The van der Waals surface area contributed by atoms with Crippen molar-refractivity contribution in [2.45, 2.75) is 50.4 Å². The number of hydrogen-bond acceptors (Lipinski definition) is 6. The molecule has 3 aromatic rings. The molecule has 5 heterocycles. The van der Waals surface area contributed by atoms with Crippen molar-refractivity contribution in [3.8, 4) is 28.3 Å². The molecule has 3 atom stereocenters. The van der Waals surface area contributed by atoms with Crippen LogP contribution < -0.4 is 15.4 Å². The standard InChI is InChI=1S/C21H22N6O/c1-4-18-13(5-12(1)14-8-23-24-9-14)11-28-21-20(18)22-10-19(27-21)26-17-6-15-2-3-16(7-17)25-15/h1,4-5,8-10,15-17,25H,2-3,6-7,11H2,(H,23,24)(H,26,27)/t15-,16+,17?. The number of fused-ring (bicyclic) bond motifs is 5. The van der Waals surface area contributed by atoms with Crippen molar-refractivity contribution in [3.05, 3.63) is 42.4 Å². The summed E-state index contributed by atoms with van der Waals surface area (Å²) < 4.78 is 5.96. The lowest BCUT2D eigenvalue weighted by atomic mass is 9.98. The van der Waals surface area contributed by atoms with Gasteiger partial charge in [-0.2, -0.15) is 10.1 Å². The van der Waals surface area contributed by atoms with Crippen LogP contribution in [0.5, 0.6) is 5.88 Å². The van der Waals surface area contributed by atoms with E-state index in [2.05, 4.69) is 44.0 Å². The third-order valence-electron chi connectivity index (χ3n) is 6.12. The Labute approximate surface area is 162 Å². The Morgan fingerprint density at radius 3 is 2.79 bits per heavy atom. The molecule has 0 radical (unpaired) electrons. The SMILES string of the molecule is c1cc2c(cc1-c1cn[nH]c1)COc1nc(NC3C[C@H]4CC[C@@H](C3)N4)cnc1-2. The first-order valence-electron chi connectivity index (χ1n) is 9.97. The van der Waals surface area contributed by atoms with Gasteiger partial charge in [-0.15, -0.1) is 0 Å². The monoisotopic (exact) mass is 374 g/mol. The lowest BCUT2D eigenvalue weighted by Gasteiger charge is -2.30. The van der Waals surface area contributed by atoms with Crippen molar-refractivity contribution in [3.63, 3.8) is 0 Å². The molecule has 0 amide bonds. The first-order valence-corrected chi connectivity index (χ1v) is 9.97. The van der Waals surface area contributed by atoms with Crippen molar-refractivity contribution in [1.82, 2.24) is 25.5 Å². The first kappa shape index (κ1) is 16.1. The van der Waals surface area contributed by atoms with Crippen molar-refractivity contribution in [2.75, 3.05) is 5.32 Å². The van der Waals surface area contributed by atoms with Gasteiger partial charge in [-0.3, -0.25) is 5.10 Å². The van der Waals surface area contributed by atoms with Crippen molar-refractivity contribution in [2.24, 2.45) is 0 Å². The molecular formula is C21H22N6O. The smallest absolute Gasteiger partial charge is 0.242 e. The largest absolute Gasteiger partial charge is 0.471 e. The molecule has 1 aromatic carbocycles. The molecule has 0 aliphatic carbocycles. The highest BCUT2D eigenvalue weighted by atomic mass is 16.5. The number of H-pyrrole nitrogens is 1. The van der Waals surface area contributed by atoms with Gasteiger partial charge in [0.15, 0.2) is 0 Å². The van der Waals surface area contributed by atoms with E-state index >= 15 is 0 Å². The van der Waals surface area contributed by atoms with E-state index < -0.39 is 0 Å². The van der Waals surface area contributed by atoms with Gasteiger partial charge in [0.05, 0.1) is 12.4 Å². The van der Waals surface area contributed by atoms with Crippen LogP contribution in [0.15, 0.2) is 36.8 Å². The number of rotatable bonds is 3. The van der Waals surface area contributed by atoms with Gasteiger partial charge in [-0.05, 0) is 42.9 Å². The predicted octanol–water partition coefficient (Wildman–Crippen LogP) is 3.12. The normalized spacial score (nSPS) is 24.9. The third-order valence-corrected chi connectivity index (χ3v) is 6.12. The molecular weight excluding hydrogens is 352 g/mol. The zero-order valence-corrected chi connectivity index (χ0v) is 15.5.